The molecule has 1 aromatic carbocycles. The number of carbonyl (C=O) groups is 1. The van der Waals surface area contributed by atoms with Crippen LogP contribution < -0.4 is 4.74 Å². The Bertz CT molecular complexity index is 679. The average Bonchev–Trinajstić information content (AvgIpc) is 3.18. The lowest BCUT2D eigenvalue weighted by Crippen LogP contribution is -2.07. The summed E-state index contributed by atoms with van der Waals surface area (Å²) < 4.78 is 20.3. The van der Waals surface area contributed by atoms with Gasteiger partial charge in [-0.3, -0.25) is 0 Å². The van der Waals surface area contributed by atoms with Crippen molar-refractivity contribution < 1.29 is 19.0 Å². The summed E-state index contributed by atoms with van der Waals surface area (Å²) in [5.41, 5.74) is 0.477. The van der Waals surface area contributed by atoms with Crippen LogP contribution in [0.25, 0.3) is 5.69 Å². The average molecular weight is 277 g/mol. The number of rotatable bonds is 4. The number of hydrogen-bond donors (Lipinski definition) is 1. The highest BCUT2D eigenvalue weighted by molar-refractivity contribution is 5.87. The molecule has 1 saturated carbocycles. The third-order valence-electron chi connectivity index (χ3n) is 3.25. The van der Waals surface area contributed by atoms with E-state index in [0.717, 1.165) is 12.8 Å². The van der Waals surface area contributed by atoms with Crippen molar-refractivity contribution in [2.75, 3.05) is 7.11 Å². The Labute approximate surface area is 113 Å². The van der Waals surface area contributed by atoms with Crippen molar-refractivity contribution in [3.63, 3.8) is 0 Å². The monoisotopic (exact) mass is 277 g/mol. The van der Waals surface area contributed by atoms with Gasteiger partial charge < -0.3 is 9.84 Å². The molecule has 1 aliphatic carbocycles. The standard InChI is InChI=1S/C13H12FN3O3/c1-20-8-4-5-9(14)10(6-8)17-12(7-2-3-7)11(13(18)19)15-16-17/h4-7H,2-3H2,1H3,(H,18,19). The van der Waals surface area contributed by atoms with Crippen LogP contribution in [0.15, 0.2) is 18.2 Å². The van der Waals surface area contributed by atoms with Gasteiger partial charge in [0.2, 0.25) is 0 Å². The minimum atomic E-state index is -1.15. The number of carboxylic acid groups (broad SMARTS) is 1. The van der Waals surface area contributed by atoms with Gasteiger partial charge in [0.15, 0.2) is 5.69 Å². The Morgan fingerprint density at radius 3 is 2.85 bits per heavy atom. The molecule has 0 atom stereocenters. The molecule has 104 valence electrons. The Balaban J connectivity index is 2.17. The molecule has 0 bridgehead atoms. The number of carboxylic acids is 1. The fourth-order valence-corrected chi connectivity index (χ4v) is 2.12. The van der Waals surface area contributed by atoms with Crippen molar-refractivity contribution in [1.82, 2.24) is 15.0 Å². The van der Waals surface area contributed by atoms with E-state index >= 15 is 0 Å². The molecule has 0 saturated heterocycles. The van der Waals surface area contributed by atoms with E-state index < -0.39 is 11.8 Å². The number of hydrogen-bond acceptors (Lipinski definition) is 4. The molecule has 1 aliphatic rings. The molecule has 20 heavy (non-hydrogen) atoms. The summed E-state index contributed by atoms with van der Waals surface area (Å²) in [6.07, 6.45) is 1.72. The first kappa shape index (κ1) is 12.6. The van der Waals surface area contributed by atoms with E-state index in [1.165, 1.54) is 30.0 Å². The van der Waals surface area contributed by atoms with Gasteiger partial charge in [-0.2, -0.15) is 0 Å². The summed E-state index contributed by atoms with van der Waals surface area (Å²) >= 11 is 0. The Morgan fingerprint density at radius 1 is 1.50 bits per heavy atom. The molecule has 7 heteroatoms. The number of ether oxygens (including phenoxy) is 1. The second-order valence-corrected chi connectivity index (χ2v) is 4.63. The SMILES string of the molecule is COc1ccc(F)c(-n2nnc(C(=O)O)c2C2CC2)c1. The van der Waals surface area contributed by atoms with E-state index in [9.17, 15) is 9.18 Å². The first-order valence-electron chi connectivity index (χ1n) is 6.14. The van der Waals surface area contributed by atoms with Crippen LogP contribution in [0.3, 0.4) is 0 Å². The van der Waals surface area contributed by atoms with Gasteiger partial charge in [0.1, 0.15) is 17.3 Å². The normalized spacial score (nSPS) is 14.3. The number of methoxy groups -OCH3 is 1. The summed E-state index contributed by atoms with van der Waals surface area (Å²) in [7, 11) is 1.48. The topological polar surface area (TPSA) is 77.2 Å². The van der Waals surface area contributed by atoms with Gasteiger partial charge in [-0.15, -0.1) is 5.10 Å². The Morgan fingerprint density at radius 2 is 2.25 bits per heavy atom. The summed E-state index contributed by atoms with van der Waals surface area (Å²) in [5, 5.41) is 16.6. The Kier molecular flexibility index (Phi) is 2.89. The van der Waals surface area contributed by atoms with Gasteiger partial charge in [-0.05, 0) is 25.0 Å². The van der Waals surface area contributed by atoms with Crippen LogP contribution in [0.5, 0.6) is 5.75 Å². The van der Waals surface area contributed by atoms with E-state index in [0.29, 0.717) is 11.4 Å². The van der Waals surface area contributed by atoms with Gasteiger partial charge in [-0.1, -0.05) is 5.21 Å². The third kappa shape index (κ3) is 2.01. The summed E-state index contributed by atoms with van der Waals surface area (Å²) in [4.78, 5) is 11.2. The molecule has 1 N–H and O–H groups in total. The fraction of sp³-hybridized carbons (Fsp3) is 0.308. The third-order valence-corrected chi connectivity index (χ3v) is 3.25. The number of aromatic nitrogens is 3. The zero-order chi connectivity index (χ0) is 14.3. The van der Waals surface area contributed by atoms with Crippen molar-refractivity contribution in [1.29, 1.82) is 0 Å². The number of halogens is 1. The zero-order valence-electron chi connectivity index (χ0n) is 10.7. The Hall–Kier alpha value is -2.44. The minimum Gasteiger partial charge on any atom is -0.497 e. The predicted octanol–water partition coefficient (Wildman–Crippen LogP) is 1.99. The van der Waals surface area contributed by atoms with Crippen molar-refractivity contribution in [2.24, 2.45) is 0 Å². The first-order valence-corrected chi connectivity index (χ1v) is 6.14. The zero-order valence-corrected chi connectivity index (χ0v) is 10.7. The summed E-state index contributed by atoms with van der Waals surface area (Å²) in [6, 6.07) is 4.22. The van der Waals surface area contributed by atoms with Crippen LogP contribution in [-0.2, 0) is 0 Å². The molecule has 0 unspecified atom stereocenters. The number of nitrogens with zero attached hydrogens (tertiary/aromatic N) is 3. The lowest BCUT2D eigenvalue weighted by molar-refractivity contribution is 0.0689. The van der Waals surface area contributed by atoms with Gasteiger partial charge in [-0.25, -0.2) is 13.9 Å². The van der Waals surface area contributed by atoms with E-state index in [4.69, 9.17) is 9.84 Å². The van der Waals surface area contributed by atoms with Gasteiger partial charge >= 0.3 is 5.97 Å². The largest absolute Gasteiger partial charge is 0.497 e. The molecular formula is C13H12FN3O3. The van der Waals surface area contributed by atoms with Crippen molar-refractivity contribution in [3.05, 3.63) is 35.4 Å². The molecule has 3 rings (SSSR count). The number of benzene rings is 1. The molecule has 1 aromatic heterocycles. The maximum Gasteiger partial charge on any atom is 0.358 e. The lowest BCUT2D eigenvalue weighted by atomic mass is 10.2. The van der Waals surface area contributed by atoms with E-state index in [1.807, 2.05) is 0 Å². The molecule has 0 aliphatic heterocycles. The summed E-state index contributed by atoms with van der Waals surface area (Å²) in [5.74, 6) is -1.12. The quantitative estimate of drug-likeness (QED) is 0.924. The van der Waals surface area contributed by atoms with Crippen LogP contribution in [-0.4, -0.2) is 33.2 Å². The maximum atomic E-state index is 14.0. The molecule has 0 radical (unpaired) electrons. The second-order valence-electron chi connectivity index (χ2n) is 4.63. The highest BCUT2D eigenvalue weighted by atomic mass is 19.1. The second kappa shape index (κ2) is 4.59. The molecule has 0 spiro atoms. The maximum absolute atomic E-state index is 14.0. The molecule has 1 fully saturated rings. The van der Waals surface area contributed by atoms with E-state index in [1.54, 1.807) is 0 Å². The van der Waals surface area contributed by atoms with E-state index in [2.05, 4.69) is 10.3 Å². The molecule has 2 aromatic rings. The smallest absolute Gasteiger partial charge is 0.358 e. The van der Waals surface area contributed by atoms with Crippen molar-refractivity contribution in [2.45, 2.75) is 18.8 Å². The first-order chi connectivity index (χ1) is 9.61. The molecule has 6 nitrogen and oxygen atoms in total. The van der Waals surface area contributed by atoms with E-state index in [-0.39, 0.29) is 17.3 Å². The predicted molar refractivity (Wildman–Crippen MR) is 66.8 cm³/mol. The van der Waals surface area contributed by atoms with Crippen LogP contribution in [0, 0.1) is 5.82 Å². The number of aromatic carboxylic acids is 1. The van der Waals surface area contributed by atoms with Crippen molar-refractivity contribution in [3.8, 4) is 11.4 Å². The van der Waals surface area contributed by atoms with Gasteiger partial charge in [0, 0.05) is 12.0 Å². The van der Waals surface area contributed by atoms with Crippen molar-refractivity contribution >= 4 is 5.97 Å². The molecule has 0 amide bonds. The van der Waals surface area contributed by atoms with Crippen LogP contribution in [0.1, 0.15) is 34.9 Å². The van der Waals surface area contributed by atoms with Gasteiger partial charge in [0.25, 0.3) is 0 Å². The fourth-order valence-electron chi connectivity index (χ4n) is 2.12. The van der Waals surface area contributed by atoms with Crippen LogP contribution >= 0.6 is 0 Å². The lowest BCUT2D eigenvalue weighted by Gasteiger charge is -2.09. The highest BCUT2D eigenvalue weighted by Crippen LogP contribution is 2.42. The molecular weight excluding hydrogens is 265 g/mol. The van der Waals surface area contributed by atoms with Crippen LogP contribution in [0.2, 0.25) is 0 Å². The highest BCUT2D eigenvalue weighted by Gasteiger charge is 2.34. The minimum absolute atomic E-state index is 0.0710. The van der Waals surface area contributed by atoms with Crippen LogP contribution in [0.4, 0.5) is 4.39 Å². The summed E-state index contributed by atoms with van der Waals surface area (Å²) in [6.45, 7) is 0. The molecule has 1 heterocycles. The van der Waals surface area contributed by atoms with Gasteiger partial charge in [0.05, 0.1) is 12.8 Å².